The van der Waals surface area contributed by atoms with E-state index in [1.807, 2.05) is 30.3 Å². The van der Waals surface area contributed by atoms with E-state index in [1.54, 1.807) is 24.3 Å². The average molecular weight is 317 g/mol. The third-order valence-electron chi connectivity index (χ3n) is 3.10. The third-order valence-corrected chi connectivity index (χ3v) is 3.35. The Kier molecular flexibility index (Phi) is 5.55. The Morgan fingerprint density at radius 2 is 1.68 bits per heavy atom. The predicted molar refractivity (Wildman–Crippen MR) is 87.7 cm³/mol. The second-order valence-corrected chi connectivity index (χ2v) is 5.36. The monoisotopic (exact) mass is 316 g/mol. The first-order valence-corrected chi connectivity index (χ1v) is 7.30. The van der Waals surface area contributed by atoms with Crippen LogP contribution in [0.15, 0.2) is 54.6 Å². The first-order chi connectivity index (χ1) is 10.5. The van der Waals surface area contributed by atoms with E-state index in [-0.39, 0.29) is 24.3 Å². The lowest BCUT2D eigenvalue weighted by atomic mass is 10.0. The van der Waals surface area contributed by atoms with Gasteiger partial charge in [-0.05, 0) is 29.8 Å². The lowest BCUT2D eigenvalue weighted by molar-refractivity contribution is -0.120. The van der Waals surface area contributed by atoms with E-state index in [4.69, 9.17) is 11.6 Å². The molecule has 1 atom stereocenters. The molecule has 0 saturated heterocycles. The summed E-state index contributed by atoms with van der Waals surface area (Å²) in [7, 11) is 0. The van der Waals surface area contributed by atoms with Crippen molar-refractivity contribution in [2.45, 2.75) is 19.4 Å². The molecule has 1 unspecified atom stereocenters. The molecule has 4 nitrogen and oxygen atoms in total. The number of rotatable bonds is 5. The van der Waals surface area contributed by atoms with Gasteiger partial charge in [0.25, 0.3) is 0 Å². The van der Waals surface area contributed by atoms with E-state index in [0.29, 0.717) is 10.7 Å². The van der Waals surface area contributed by atoms with E-state index in [0.717, 1.165) is 5.56 Å². The zero-order valence-corrected chi connectivity index (χ0v) is 12.9. The Hall–Kier alpha value is -2.33. The van der Waals surface area contributed by atoms with Gasteiger partial charge < -0.3 is 10.6 Å². The molecule has 22 heavy (non-hydrogen) atoms. The fourth-order valence-corrected chi connectivity index (χ4v) is 2.24. The number of hydrogen-bond acceptors (Lipinski definition) is 2. The van der Waals surface area contributed by atoms with Gasteiger partial charge in [0.15, 0.2) is 0 Å². The average Bonchev–Trinajstić information content (AvgIpc) is 2.49. The molecule has 0 aliphatic carbocycles. The summed E-state index contributed by atoms with van der Waals surface area (Å²) in [5, 5.41) is 6.20. The zero-order valence-electron chi connectivity index (χ0n) is 12.2. The molecule has 2 aromatic carbocycles. The quantitative estimate of drug-likeness (QED) is 0.886. The van der Waals surface area contributed by atoms with Crippen LogP contribution in [0.4, 0.5) is 5.69 Å². The molecule has 0 aliphatic rings. The van der Waals surface area contributed by atoms with E-state index in [2.05, 4.69) is 10.6 Å². The molecule has 0 aromatic heterocycles. The summed E-state index contributed by atoms with van der Waals surface area (Å²) in [6.45, 7) is 1.44. The Bertz CT molecular complexity index is 641. The van der Waals surface area contributed by atoms with Crippen LogP contribution in [0, 0.1) is 0 Å². The number of amides is 2. The van der Waals surface area contributed by atoms with Gasteiger partial charge in [0, 0.05) is 17.6 Å². The molecule has 0 heterocycles. The molecule has 2 aromatic rings. The van der Waals surface area contributed by atoms with Crippen LogP contribution in [0.2, 0.25) is 5.02 Å². The van der Waals surface area contributed by atoms with Gasteiger partial charge >= 0.3 is 0 Å². The van der Waals surface area contributed by atoms with Gasteiger partial charge in [0.05, 0.1) is 12.5 Å². The summed E-state index contributed by atoms with van der Waals surface area (Å²) in [6, 6.07) is 15.9. The van der Waals surface area contributed by atoms with Crippen LogP contribution in [0.25, 0.3) is 0 Å². The summed E-state index contributed by atoms with van der Waals surface area (Å²) in [4.78, 5) is 23.5. The summed E-state index contributed by atoms with van der Waals surface area (Å²) in [5.74, 6) is -0.349. The van der Waals surface area contributed by atoms with Crippen LogP contribution >= 0.6 is 11.6 Å². The Balaban J connectivity index is 2.04. The van der Waals surface area contributed by atoms with E-state index >= 15 is 0 Å². The molecule has 0 spiro atoms. The fourth-order valence-electron chi connectivity index (χ4n) is 2.11. The SMILES string of the molecule is CC(=O)NC(CC(=O)Nc1ccc(Cl)cc1)c1ccccc1. The largest absolute Gasteiger partial charge is 0.349 e. The molecule has 0 saturated carbocycles. The molecule has 0 radical (unpaired) electrons. The molecule has 2 N–H and O–H groups in total. The lowest BCUT2D eigenvalue weighted by Gasteiger charge is -2.18. The fraction of sp³-hybridized carbons (Fsp3) is 0.176. The summed E-state index contributed by atoms with van der Waals surface area (Å²) in [5.41, 5.74) is 1.56. The topological polar surface area (TPSA) is 58.2 Å². The lowest BCUT2D eigenvalue weighted by Crippen LogP contribution is -2.29. The van der Waals surface area contributed by atoms with Crippen LogP contribution in [0.3, 0.4) is 0 Å². The maximum absolute atomic E-state index is 12.2. The van der Waals surface area contributed by atoms with Crippen molar-refractivity contribution in [3.63, 3.8) is 0 Å². The van der Waals surface area contributed by atoms with Crippen LogP contribution in [0.5, 0.6) is 0 Å². The van der Waals surface area contributed by atoms with E-state index in [9.17, 15) is 9.59 Å². The second kappa shape index (κ2) is 7.61. The third kappa shape index (κ3) is 4.90. The van der Waals surface area contributed by atoms with Crippen molar-refractivity contribution in [3.8, 4) is 0 Å². The number of carbonyl (C=O) groups is 2. The van der Waals surface area contributed by atoms with Gasteiger partial charge in [0.2, 0.25) is 11.8 Å². The molecule has 0 fully saturated rings. The maximum atomic E-state index is 12.2. The number of hydrogen-bond donors (Lipinski definition) is 2. The van der Waals surface area contributed by atoms with Crippen molar-refractivity contribution in [3.05, 3.63) is 65.2 Å². The minimum atomic E-state index is -0.356. The molecule has 114 valence electrons. The van der Waals surface area contributed by atoms with Crippen LogP contribution < -0.4 is 10.6 Å². The summed E-state index contributed by atoms with van der Waals surface area (Å²) in [6.07, 6.45) is 0.159. The van der Waals surface area contributed by atoms with Gasteiger partial charge in [-0.2, -0.15) is 0 Å². The van der Waals surface area contributed by atoms with Crippen molar-refractivity contribution < 1.29 is 9.59 Å². The van der Waals surface area contributed by atoms with Gasteiger partial charge in [-0.1, -0.05) is 41.9 Å². The van der Waals surface area contributed by atoms with Crippen molar-refractivity contribution >= 4 is 29.1 Å². The Labute approximate surface area is 134 Å². The van der Waals surface area contributed by atoms with Gasteiger partial charge in [-0.25, -0.2) is 0 Å². The van der Waals surface area contributed by atoms with Crippen LogP contribution in [0.1, 0.15) is 24.9 Å². The molecule has 2 amide bonds. The van der Waals surface area contributed by atoms with Crippen LogP contribution in [-0.4, -0.2) is 11.8 Å². The first kappa shape index (κ1) is 16.0. The van der Waals surface area contributed by atoms with Crippen LogP contribution in [-0.2, 0) is 9.59 Å². The second-order valence-electron chi connectivity index (χ2n) is 4.92. The van der Waals surface area contributed by atoms with Crippen molar-refractivity contribution in [1.82, 2.24) is 5.32 Å². The van der Waals surface area contributed by atoms with Crippen molar-refractivity contribution in [1.29, 1.82) is 0 Å². The zero-order chi connectivity index (χ0) is 15.9. The highest BCUT2D eigenvalue weighted by Gasteiger charge is 2.16. The number of halogens is 1. The van der Waals surface area contributed by atoms with Crippen molar-refractivity contribution in [2.24, 2.45) is 0 Å². The minimum absolute atomic E-state index is 0.159. The number of carbonyl (C=O) groups excluding carboxylic acids is 2. The highest BCUT2D eigenvalue weighted by atomic mass is 35.5. The van der Waals surface area contributed by atoms with Gasteiger partial charge in [-0.15, -0.1) is 0 Å². The standard InChI is InChI=1S/C17H17ClN2O2/c1-12(21)19-16(13-5-3-2-4-6-13)11-17(22)20-15-9-7-14(18)8-10-15/h2-10,16H,11H2,1H3,(H,19,21)(H,20,22). The number of benzene rings is 2. The molecule has 2 rings (SSSR count). The first-order valence-electron chi connectivity index (χ1n) is 6.92. The van der Waals surface area contributed by atoms with Gasteiger partial charge in [0.1, 0.15) is 0 Å². The smallest absolute Gasteiger partial charge is 0.226 e. The summed E-state index contributed by atoms with van der Waals surface area (Å²) >= 11 is 5.81. The maximum Gasteiger partial charge on any atom is 0.226 e. The van der Waals surface area contributed by atoms with Crippen molar-refractivity contribution in [2.75, 3.05) is 5.32 Å². The Morgan fingerprint density at radius 1 is 1.05 bits per heavy atom. The Morgan fingerprint density at radius 3 is 2.27 bits per heavy atom. The molecular weight excluding hydrogens is 300 g/mol. The van der Waals surface area contributed by atoms with E-state index < -0.39 is 0 Å². The minimum Gasteiger partial charge on any atom is -0.349 e. The summed E-state index contributed by atoms with van der Waals surface area (Å²) < 4.78 is 0. The predicted octanol–water partition coefficient (Wildman–Crippen LogP) is 3.55. The highest BCUT2D eigenvalue weighted by molar-refractivity contribution is 6.30. The number of nitrogens with one attached hydrogen (secondary N) is 2. The molecule has 0 aliphatic heterocycles. The molecule has 0 bridgehead atoms. The van der Waals surface area contributed by atoms with E-state index in [1.165, 1.54) is 6.92 Å². The number of anilines is 1. The molecular formula is C17H17ClN2O2. The highest BCUT2D eigenvalue weighted by Crippen LogP contribution is 2.18. The normalized spacial score (nSPS) is 11.5. The molecule has 5 heteroatoms. The van der Waals surface area contributed by atoms with Gasteiger partial charge in [-0.3, -0.25) is 9.59 Å².